The average molecular weight is 456 g/mol. The number of hydrogen-bond acceptors (Lipinski definition) is 7. The maximum Gasteiger partial charge on any atom is 0.271 e. The highest BCUT2D eigenvalue weighted by Gasteiger charge is 2.18. The lowest BCUT2D eigenvalue weighted by atomic mass is 10.2. The van der Waals surface area contributed by atoms with Gasteiger partial charge in [0.2, 0.25) is 5.91 Å². The first-order chi connectivity index (χ1) is 15.3. The first-order valence-electron chi connectivity index (χ1n) is 10.1. The smallest absolute Gasteiger partial charge is 0.271 e. The highest BCUT2D eigenvalue weighted by molar-refractivity contribution is 7.99. The number of nitrogens with zero attached hydrogens (tertiary/aromatic N) is 4. The fourth-order valence-electron chi connectivity index (χ4n) is 3.04. The Morgan fingerprint density at radius 3 is 2.62 bits per heavy atom. The number of carbonyl (C=O) groups excluding carboxylic acids is 1. The van der Waals surface area contributed by atoms with E-state index in [2.05, 4.69) is 22.4 Å². The summed E-state index contributed by atoms with van der Waals surface area (Å²) in [6.45, 7) is 5.77. The fourth-order valence-corrected chi connectivity index (χ4v) is 3.76. The van der Waals surface area contributed by atoms with Crippen LogP contribution in [0.25, 0.3) is 0 Å². The average Bonchev–Trinajstić information content (AvgIpc) is 3.14. The molecule has 1 heterocycles. The van der Waals surface area contributed by atoms with E-state index in [1.807, 2.05) is 38.2 Å². The van der Waals surface area contributed by atoms with Gasteiger partial charge in [0, 0.05) is 19.2 Å². The number of nitrogens with one attached hydrogen (secondary N) is 1. The van der Waals surface area contributed by atoms with E-state index in [0.29, 0.717) is 16.7 Å². The predicted molar refractivity (Wildman–Crippen MR) is 123 cm³/mol. The van der Waals surface area contributed by atoms with Crippen LogP contribution in [0.3, 0.4) is 0 Å². The van der Waals surface area contributed by atoms with Gasteiger partial charge in [-0.25, -0.2) is 0 Å². The summed E-state index contributed by atoms with van der Waals surface area (Å²) in [5, 5.41) is 22.6. The number of aromatic nitrogens is 3. The number of thioether (sulfide) groups is 1. The molecule has 168 valence electrons. The zero-order valence-electron chi connectivity index (χ0n) is 18.4. The van der Waals surface area contributed by atoms with Crippen LogP contribution in [0.4, 0.5) is 11.4 Å². The van der Waals surface area contributed by atoms with Crippen LogP contribution >= 0.6 is 11.8 Å². The van der Waals surface area contributed by atoms with E-state index in [9.17, 15) is 14.9 Å². The summed E-state index contributed by atoms with van der Waals surface area (Å²) in [7, 11) is 1.82. The molecule has 0 spiro atoms. The van der Waals surface area contributed by atoms with Gasteiger partial charge in [-0.3, -0.25) is 14.9 Å². The van der Waals surface area contributed by atoms with Gasteiger partial charge in [-0.05, 0) is 43.5 Å². The van der Waals surface area contributed by atoms with Gasteiger partial charge >= 0.3 is 0 Å². The van der Waals surface area contributed by atoms with Crippen molar-refractivity contribution in [1.29, 1.82) is 0 Å². The molecule has 9 nitrogen and oxygen atoms in total. The van der Waals surface area contributed by atoms with Crippen molar-refractivity contribution >= 4 is 29.0 Å². The van der Waals surface area contributed by atoms with Crippen LogP contribution in [0.15, 0.2) is 47.6 Å². The molecule has 0 aliphatic heterocycles. The molecule has 1 amide bonds. The Morgan fingerprint density at radius 1 is 1.25 bits per heavy atom. The van der Waals surface area contributed by atoms with Crippen molar-refractivity contribution in [3.63, 3.8) is 0 Å². The van der Waals surface area contributed by atoms with Crippen molar-refractivity contribution in [1.82, 2.24) is 14.8 Å². The second-order valence-electron chi connectivity index (χ2n) is 7.25. The third-order valence-corrected chi connectivity index (χ3v) is 5.94. The number of amides is 1. The molecule has 3 aromatic rings. The minimum atomic E-state index is -0.494. The number of ether oxygens (including phenoxy) is 1. The van der Waals surface area contributed by atoms with Gasteiger partial charge in [-0.1, -0.05) is 36.9 Å². The quantitative estimate of drug-likeness (QED) is 0.288. The van der Waals surface area contributed by atoms with Crippen LogP contribution in [0.5, 0.6) is 5.75 Å². The molecule has 10 heteroatoms. The summed E-state index contributed by atoms with van der Waals surface area (Å²) in [4.78, 5) is 22.8. The molecular formula is C22H25N5O4S. The summed E-state index contributed by atoms with van der Waals surface area (Å²) in [5.74, 6) is 1.19. The Labute approximate surface area is 190 Å². The summed E-state index contributed by atoms with van der Waals surface area (Å²) in [6, 6.07) is 12.3. The second kappa shape index (κ2) is 10.3. The van der Waals surface area contributed by atoms with E-state index in [-0.39, 0.29) is 23.5 Å². The number of aryl methyl sites for hydroxylation is 2. The minimum absolute atomic E-state index is 0.0742. The number of non-ortho nitro benzene ring substituents is 1. The number of anilines is 1. The Balaban J connectivity index is 1.60. The van der Waals surface area contributed by atoms with Gasteiger partial charge < -0.3 is 14.6 Å². The number of nitro benzene ring substituents is 1. The highest BCUT2D eigenvalue weighted by atomic mass is 32.2. The molecule has 1 N–H and O–H groups in total. The largest absolute Gasteiger partial charge is 0.483 e. The number of hydrogen-bond donors (Lipinski definition) is 1. The molecule has 1 unspecified atom stereocenters. The van der Waals surface area contributed by atoms with Gasteiger partial charge in [0.25, 0.3) is 5.69 Å². The van der Waals surface area contributed by atoms with Crippen LogP contribution in [0, 0.1) is 17.0 Å². The molecule has 32 heavy (non-hydrogen) atoms. The van der Waals surface area contributed by atoms with E-state index in [1.165, 1.54) is 29.5 Å². The zero-order chi connectivity index (χ0) is 23.3. The topological polar surface area (TPSA) is 112 Å². The van der Waals surface area contributed by atoms with E-state index in [4.69, 9.17) is 4.74 Å². The first-order valence-corrected chi connectivity index (χ1v) is 11.1. The summed E-state index contributed by atoms with van der Waals surface area (Å²) < 4.78 is 7.77. The Kier molecular flexibility index (Phi) is 7.47. The molecule has 1 aromatic heterocycles. The number of benzene rings is 2. The molecule has 0 aliphatic carbocycles. The molecule has 0 aliphatic rings. The van der Waals surface area contributed by atoms with Crippen molar-refractivity contribution in [2.75, 3.05) is 11.1 Å². The number of rotatable bonds is 9. The maximum atomic E-state index is 12.4. The monoisotopic (exact) mass is 455 g/mol. The van der Waals surface area contributed by atoms with Gasteiger partial charge in [0.1, 0.15) is 5.75 Å². The normalized spacial score (nSPS) is 11.8. The number of carbonyl (C=O) groups is 1. The third kappa shape index (κ3) is 5.64. The summed E-state index contributed by atoms with van der Waals surface area (Å²) in [6.07, 6.45) is 0.643. The molecule has 0 bridgehead atoms. The Bertz CT molecular complexity index is 1110. The van der Waals surface area contributed by atoms with Crippen molar-refractivity contribution in [2.24, 2.45) is 7.05 Å². The van der Waals surface area contributed by atoms with Gasteiger partial charge in [-0.2, -0.15) is 0 Å². The lowest BCUT2D eigenvalue weighted by Gasteiger charge is -2.14. The lowest BCUT2D eigenvalue weighted by molar-refractivity contribution is -0.384. The van der Waals surface area contributed by atoms with Crippen LogP contribution < -0.4 is 10.1 Å². The Morgan fingerprint density at radius 2 is 1.97 bits per heavy atom. The van der Waals surface area contributed by atoms with Crippen molar-refractivity contribution < 1.29 is 14.5 Å². The van der Waals surface area contributed by atoms with E-state index < -0.39 is 4.92 Å². The van der Waals surface area contributed by atoms with E-state index >= 15 is 0 Å². The van der Waals surface area contributed by atoms with Gasteiger partial charge in [-0.15, -0.1) is 10.2 Å². The van der Waals surface area contributed by atoms with Gasteiger partial charge in [0.15, 0.2) is 17.1 Å². The molecule has 0 saturated carbocycles. The van der Waals surface area contributed by atoms with Crippen LogP contribution in [-0.4, -0.2) is 31.3 Å². The fraction of sp³-hybridized carbons (Fsp3) is 0.318. The third-order valence-electron chi connectivity index (χ3n) is 4.92. The molecule has 0 saturated heterocycles. The molecule has 0 fully saturated rings. The van der Waals surface area contributed by atoms with Crippen LogP contribution in [0.1, 0.15) is 36.9 Å². The molecule has 0 radical (unpaired) electrons. The van der Waals surface area contributed by atoms with E-state index in [0.717, 1.165) is 17.7 Å². The standard InChI is InChI=1S/C22H25N5O4S/c1-5-16-7-10-18(11-8-16)31-15(3)21-24-25-22(26(21)4)32-13-20(28)23-19-12-17(27(29)30)9-6-14(19)2/h6-12,15H,5,13H2,1-4H3,(H,23,28). The van der Waals surface area contributed by atoms with E-state index in [1.54, 1.807) is 17.6 Å². The SMILES string of the molecule is CCc1ccc(OC(C)c2nnc(SCC(=O)Nc3cc([N+](=O)[O-])ccc3C)n2C)cc1. The number of nitro groups is 1. The van der Waals surface area contributed by atoms with Crippen molar-refractivity contribution in [3.05, 3.63) is 69.5 Å². The highest BCUT2D eigenvalue weighted by Crippen LogP contribution is 2.25. The molecule has 1 atom stereocenters. The van der Waals surface area contributed by atoms with Crippen molar-refractivity contribution in [2.45, 2.75) is 38.5 Å². The van der Waals surface area contributed by atoms with Crippen molar-refractivity contribution in [3.8, 4) is 5.75 Å². The second-order valence-corrected chi connectivity index (χ2v) is 8.19. The lowest BCUT2D eigenvalue weighted by Crippen LogP contribution is -2.15. The molecular weight excluding hydrogens is 430 g/mol. The summed E-state index contributed by atoms with van der Waals surface area (Å²) in [5.41, 5.74) is 2.32. The first kappa shape index (κ1) is 23.3. The molecule has 3 rings (SSSR count). The van der Waals surface area contributed by atoms with Gasteiger partial charge in [0.05, 0.1) is 16.4 Å². The zero-order valence-corrected chi connectivity index (χ0v) is 19.2. The van der Waals surface area contributed by atoms with Crippen LogP contribution in [0.2, 0.25) is 0 Å². The van der Waals surface area contributed by atoms with Crippen LogP contribution in [-0.2, 0) is 18.3 Å². The molecule has 2 aromatic carbocycles. The predicted octanol–water partition coefficient (Wildman–Crippen LogP) is 4.46. The minimum Gasteiger partial charge on any atom is -0.483 e. The maximum absolute atomic E-state index is 12.4. The Hall–Kier alpha value is -3.40. The summed E-state index contributed by atoms with van der Waals surface area (Å²) >= 11 is 1.23.